The van der Waals surface area contributed by atoms with Gasteiger partial charge in [-0.05, 0) is 38.0 Å². The Labute approximate surface area is 147 Å². The number of ether oxygens (including phenoxy) is 2. The van der Waals surface area contributed by atoms with Gasteiger partial charge in [0.15, 0.2) is 0 Å². The molecule has 3 rings (SSSR count). The summed E-state index contributed by atoms with van der Waals surface area (Å²) in [6, 6.07) is 4.73. The van der Waals surface area contributed by atoms with Crippen LogP contribution in [0.25, 0.3) is 0 Å². The van der Waals surface area contributed by atoms with Crippen LogP contribution in [-0.2, 0) is 17.8 Å². The summed E-state index contributed by atoms with van der Waals surface area (Å²) in [5.41, 5.74) is 1.88. The van der Waals surface area contributed by atoms with Gasteiger partial charge >= 0.3 is 0 Å². The third-order valence-electron chi connectivity index (χ3n) is 4.15. The van der Waals surface area contributed by atoms with E-state index in [4.69, 9.17) is 9.47 Å². The van der Waals surface area contributed by atoms with Gasteiger partial charge in [-0.3, -0.25) is 4.90 Å². The lowest BCUT2D eigenvalue weighted by atomic mass is 10.1. The minimum absolute atomic E-state index is 0.246. The lowest BCUT2D eigenvalue weighted by molar-refractivity contribution is 0.0908. The van der Waals surface area contributed by atoms with Crippen LogP contribution in [0.3, 0.4) is 0 Å². The van der Waals surface area contributed by atoms with Crippen molar-refractivity contribution < 1.29 is 13.9 Å². The number of benzene rings is 1. The molecule has 0 unspecified atom stereocenters. The van der Waals surface area contributed by atoms with Crippen LogP contribution in [0.2, 0.25) is 0 Å². The summed E-state index contributed by atoms with van der Waals surface area (Å²) in [7, 11) is 0. The Morgan fingerprint density at radius 1 is 1.12 bits per heavy atom. The zero-order valence-electron chi connectivity index (χ0n) is 14.6. The Hall–Kier alpha value is -2.05. The molecule has 1 aromatic heterocycles. The van der Waals surface area contributed by atoms with Gasteiger partial charge in [-0.25, -0.2) is 14.4 Å². The van der Waals surface area contributed by atoms with Crippen LogP contribution in [0, 0.1) is 12.7 Å². The quantitative estimate of drug-likeness (QED) is 0.837. The molecule has 0 amide bonds. The average Bonchev–Trinajstić information content (AvgIpc) is 2.59. The van der Waals surface area contributed by atoms with Crippen LogP contribution in [-0.4, -0.2) is 41.2 Å². The van der Waals surface area contributed by atoms with E-state index in [2.05, 4.69) is 14.9 Å². The summed E-state index contributed by atoms with van der Waals surface area (Å²) in [5, 5.41) is 0. The maximum atomic E-state index is 13.7. The first-order chi connectivity index (χ1) is 12.2. The predicted octanol–water partition coefficient (Wildman–Crippen LogP) is 3.12. The molecule has 0 saturated heterocycles. The van der Waals surface area contributed by atoms with Crippen LogP contribution in [0.15, 0.2) is 30.6 Å². The number of fused-ring (bicyclic) bond motifs is 1. The molecule has 134 valence electrons. The molecular formula is C19H24FN3O2. The average molecular weight is 345 g/mol. The van der Waals surface area contributed by atoms with Gasteiger partial charge in [-0.15, -0.1) is 0 Å². The number of halogens is 1. The third kappa shape index (κ3) is 5.47. The smallest absolute Gasteiger partial charge is 0.125 e. The monoisotopic (exact) mass is 345 g/mol. The SMILES string of the molecule is Cc1ncc(CN2CCOCCCCOc3ccc(F)cc3C2)cn1. The summed E-state index contributed by atoms with van der Waals surface area (Å²) in [6.45, 7) is 5.89. The highest BCUT2D eigenvalue weighted by atomic mass is 19.1. The number of hydrogen-bond acceptors (Lipinski definition) is 5. The Balaban J connectivity index is 1.79. The van der Waals surface area contributed by atoms with Crippen molar-refractivity contribution in [3.05, 3.63) is 53.4 Å². The Kier molecular flexibility index (Phi) is 6.30. The van der Waals surface area contributed by atoms with Crippen molar-refractivity contribution >= 4 is 0 Å². The van der Waals surface area contributed by atoms with Gasteiger partial charge in [0.1, 0.15) is 17.4 Å². The van der Waals surface area contributed by atoms with E-state index in [0.29, 0.717) is 26.3 Å². The molecule has 0 fully saturated rings. The van der Waals surface area contributed by atoms with Crippen LogP contribution in [0.1, 0.15) is 29.8 Å². The van der Waals surface area contributed by atoms with Crippen LogP contribution in [0.5, 0.6) is 5.75 Å². The molecule has 1 aliphatic heterocycles. The molecule has 25 heavy (non-hydrogen) atoms. The standard InChI is InChI=1S/C19H24FN3O2/c1-15-21-11-16(12-22-15)13-23-6-9-24-7-2-3-8-25-19-5-4-18(20)10-17(19)14-23/h4-5,10-12H,2-3,6-9,13-14H2,1H3. The van der Waals surface area contributed by atoms with Gasteiger partial charge < -0.3 is 9.47 Å². The van der Waals surface area contributed by atoms with E-state index in [1.165, 1.54) is 6.07 Å². The van der Waals surface area contributed by atoms with Gasteiger partial charge in [0.05, 0.1) is 13.2 Å². The highest BCUT2D eigenvalue weighted by Crippen LogP contribution is 2.23. The zero-order valence-corrected chi connectivity index (χ0v) is 14.6. The molecule has 6 heteroatoms. The molecule has 1 aliphatic rings. The number of aryl methyl sites for hydroxylation is 1. The molecule has 0 saturated carbocycles. The fourth-order valence-electron chi connectivity index (χ4n) is 2.81. The minimum atomic E-state index is -0.246. The molecule has 2 heterocycles. The van der Waals surface area contributed by atoms with Crippen LogP contribution < -0.4 is 4.74 Å². The molecule has 1 aromatic carbocycles. The second-order valence-corrected chi connectivity index (χ2v) is 6.27. The number of nitrogens with zero attached hydrogens (tertiary/aromatic N) is 3. The Morgan fingerprint density at radius 2 is 1.92 bits per heavy atom. The summed E-state index contributed by atoms with van der Waals surface area (Å²) in [5.74, 6) is 1.26. The maximum absolute atomic E-state index is 13.7. The fourth-order valence-corrected chi connectivity index (χ4v) is 2.81. The van der Waals surface area contributed by atoms with Crippen molar-refractivity contribution in [2.24, 2.45) is 0 Å². The highest BCUT2D eigenvalue weighted by Gasteiger charge is 2.13. The summed E-state index contributed by atoms with van der Waals surface area (Å²) >= 11 is 0. The first kappa shape index (κ1) is 17.8. The second kappa shape index (κ2) is 8.87. The molecule has 0 N–H and O–H groups in total. The van der Waals surface area contributed by atoms with Crippen molar-refractivity contribution in [2.45, 2.75) is 32.9 Å². The molecular weight excluding hydrogens is 321 g/mol. The maximum Gasteiger partial charge on any atom is 0.125 e. The summed E-state index contributed by atoms with van der Waals surface area (Å²) in [4.78, 5) is 10.7. The van der Waals surface area contributed by atoms with E-state index in [1.54, 1.807) is 12.1 Å². The molecule has 0 bridgehead atoms. The van der Waals surface area contributed by atoms with Crippen molar-refractivity contribution in [1.82, 2.24) is 14.9 Å². The largest absolute Gasteiger partial charge is 0.493 e. The lowest BCUT2D eigenvalue weighted by Gasteiger charge is -2.24. The van der Waals surface area contributed by atoms with Gasteiger partial charge in [0.25, 0.3) is 0 Å². The normalized spacial score (nSPS) is 17.0. The number of rotatable bonds is 2. The van der Waals surface area contributed by atoms with Crippen molar-refractivity contribution in [2.75, 3.05) is 26.4 Å². The van der Waals surface area contributed by atoms with E-state index in [9.17, 15) is 4.39 Å². The first-order valence-corrected chi connectivity index (χ1v) is 8.69. The van der Waals surface area contributed by atoms with Gasteiger partial charge in [0.2, 0.25) is 0 Å². The molecule has 5 nitrogen and oxygen atoms in total. The van der Waals surface area contributed by atoms with Crippen LogP contribution >= 0.6 is 0 Å². The van der Waals surface area contributed by atoms with Gasteiger partial charge in [-0.1, -0.05) is 0 Å². The van der Waals surface area contributed by atoms with E-state index in [-0.39, 0.29) is 5.82 Å². The highest BCUT2D eigenvalue weighted by molar-refractivity contribution is 5.34. The minimum Gasteiger partial charge on any atom is -0.493 e. The summed E-state index contributed by atoms with van der Waals surface area (Å²) < 4.78 is 25.3. The van der Waals surface area contributed by atoms with E-state index in [0.717, 1.165) is 48.7 Å². The van der Waals surface area contributed by atoms with Crippen LogP contribution in [0.4, 0.5) is 4.39 Å². The van der Waals surface area contributed by atoms with Gasteiger partial charge in [-0.2, -0.15) is 0 Å². The van der Waals surface area contributed by atoms with E-state index < -0.39 is 0 Å². The van der Waals surface area contributed by atoms with Gasteiger partial charge in [0, 0.05) is 49.8 Å². The second-order valence-electron chi connectivity index (χ2n) is 6.27. The molecule has 0 radical (unpaired) electrons. The predicted molar refractivity (Wildman–Crippen MR) is 92.8 cm³/mol. The van der Waals surface area contributed by atoms with Crippen molar-refractivity contribution in [3.63, 3.8) is 0 Å². The van der Waals surface area contributed by atoms with Crippen molar-refractivity contribution in [3.8, 4) is 5.75 Å². The Bertz CT molecular complexity index is 679. The third-order valence-corrected chi connectivity index (χ3v) is 4.15. The summed E-state index contributed by atoms with van der Waals surface area (Å²) in [6.07, 6.45) is 5.56. The number of aromatic nitrogens is 2. The molecule has 0 atom stereocenters. The molecule has 2 aromatic rings. The molecule has 0 aliphatic carbocycles. The first-order valence-electron chi connectivity index (χ1n) is 8.69. The zero-order chi connectivity index (χ0) is 17.5. The van der Waals surface area contributed by atoms with E-state index >= 15 is 0 Å². The lowest BCUT2D eigenvalue weighted by Crippen LogP contribution is -2.28. The fraction of sp³-hybridized carbons (Fsp3) is 0.474. The number of hydrogen-bond donors (Lipinski definition) is 0. The van der Waals surface area contributed by atoms with Crippen molar-refractivity contribution in [1.29, 1.82) is 0 Å². The van der Waals surface area contributed by atoms with E-state index in [1.807, 2.05) is 19.3 Å². The molecule has 0 spiro atoms. The topological polar surface area (TPSA) is 47.5 Å². The Morgan fingerprint density at radius 3 is 2.76 bits per heavy atom.